The Hall–Kier alpha value is -1.77. The van der Waals surface area contributed by atoms with Crippen LogP contribution in [0.3, 0.4) is 0 Å². The summed E-state index contributed by atoms with van der Waals surface area (Å²) in [6, 6.07) is 14.7. The van der Waals surface area contributed by atoms with E-state index in [1.165, 1.54) is 0 Å². The van der Waals surface area contributed by atoms with Gasteiger partial charge in [0.2, 0.25) is 6.29 Å². The molecule has 2 rings (SSSR count). The van der Waals surface area contributed by atoms with Gasteiger partial charge in [0.25, 0.3) is 0 Å². The number of hydrogen-bond acceptors (Lipinski definition) is 3. The monoisotopic (exact) mass is 411 g/mol. The van der Waals surface area contributed by atoms with E-state index in [-0.39, 0.29) is 18.5 Å². The van der Waals surface area contributed by atoms with E-state index >= 15 is 0 Å². The Bertz CT molecular complexity index is 632. The molecule has 0 aliphatic rings. The number of hydroxylamine groups is 1. The predicted octanol–water partition coefficient (Wildman–Crippen LogP) is 4.03. The number of halogens is 1. The summed E-state index contributed by atoms with van der Waals surface area (Å²) >= 11 is 2.18. The van der Waals surface area contributed by atoms with Gasteiger partial charge in [0.15, 0.2) is 0 Å². The molecular formula is C16H16IN2O3-. The number of aliphatic hydroxyl groups excluding tert-OH is 1. The maximum absolute atomic E-state index is 9.86. The zero-order valence-electron chi connectivity index (χ0n) is 12.0. The molecule has 0 unspecified atom stereocenters. The van der Waals surface area contributed by atoms with E-state index in [1.54, 1.807) is 19.2 Å². The average molecular weight is 411 g/mol. The van der Waals surface area contributed by atoms with Crippen LogP contribution < -0.4 is 4.74 Å². The first kappa shape index (κ1) is 16.6. The molecule has 0 heterocycles. The lowest BCUT2D eigenvalue weighted by molar-refractivity contribution is -0.0422. The second-order valence-corrected chi connectivity index (χ2v) is 5.71. The minimum absolute atomic E-state index is 0.0431. The SMILES string of the molecule is COc1ccccc1CC(=N)[N-][OH+][C-](O)c1ccc(I)cc1. The lowest BCUT2D eigenvalue weighted by atomic mass is 10.1. The highest BCUT2D eigenvalue weighted by Crippen LogP contribution is 2.20. The summed E-state index contributed by atoms with van der Waals surface area (Å²) in [4.78, 5) is 3.71. The molecule has 5 nitrogen and oxygen atoms in total. The summed E-state index contributed by atoms with van der Waals surface area (Å²) in [6.07, 6.45) is 0.0780. The minimum atomic E-state index is -0.207. The Morgan fingerprint density at radius 2 is 1.95 bits per heavy atom. The number of para-hydroxylation sites is 1. The molecule has 6 heteroatoms. The number of nitrogens with one attached hydrogen (secondary N) is 1. The summed E-state index contributed by atoms with van der Waals surface area (Å²) in [5, 5.41) is 17.7. The van der Waals surface area contributed by atoms with Gasteiger partial charge in [-0.3, -0.25) is 0 Å². The van der Waals surface area contributed by atoms with Crippen LogP contribution >= 0.6 is 22.6 Å². The van der Waals surface area contributed by atoms with Crippen molar-refractivity contribution >= 4 is 28.4 Å². The molecule has 0 saturated heterocycles. The van der Waals surface area contributed by atoms with E-state index in [9.17, 15) is 5.11 Å². The molecule has 116 valence electrons. The molecule has 0 fully saturated rings. The van der Waals surface area contributed by atoms with Crippen LogP contribution in [-0.4, -0.2) is 22.9 Å². The van der Waals surface area contributed by atoms with Gasteiger partial charge in [-0.2, -0.15) is 17.6 Å². The highest BCUT2D eigenvalue weighted by molar-refractivity contribution is 14.1. The lowest BCUT2D eigenvalue weighted by Crippen LogP contribution is -2.11. The van der Waals surface area contributed by atoms with Crippen LogP contribution in [0.15, 0.2) is 48.5 Å². The summed E-state index contributed by atoms with van der Waals surface area (Å²) in [5.41, 5.74) is 5.17. The molecule has 0 aromatic heterocycles. The molecular weight excluding hydrogens is 395 g/mol. The smallest absolute Gasteiger partial charge is 0.248 e. The van der Waals surface area contributed by atoms with Crippen molar-refractivity contribution in [3.63, 3.8) is 0 Å². The zero-order valence-corrected chi connectivity index (χ0v) is 14.1. The number of benzene rings is 2. The highest BCUT2D eigenvalue weighted by Gasteiger charge is 2.07. The number of methoxy groups -OCH3 is 1. The zero-order chi connectivity index (χ0) is 15.9. The van der Waals surface area contributed by atoms with E-state index in [2.05, 4.69) is 32.9 Å². The third-order valence-corrected chi connectivity index (χ3v) is 3.64. The summed E-state index contributed by atoms with van der Waals surface area (Å²) in [5.74, 6) is 0.745. The molecule has 3 N–H and O–H groups in total. The molecule has 0 aliphatic heterocycles. The van der Waals surface area contributed by atoms with Crippen molar-refractivity contribution in [3.05, 3.63) is 75.0 Å². The fraction of sp³-hybridized carbons (Fsp3) is 0.125. The number of hydrogen-bond donors (Lipinski definition) is 2. The van der Waals surface area contributed by atoms with Crippen LogP contribution in [0, 0.1) is 15.3 Å². The van der Waals surface area contributed by atoms with Gasteiger partial charge in [-0.1, -0.05) is 23.8 Å². The Kier molecular flexibility index (Phi) is 6.05. The maximum Gasteiger partial charge on any atom is 0.248 e. The van der Waals surface area contributed by atoms with Crippen molar-refractivity contribution in [1.82, 2.24) is 0 Å². The lowest BCUT2D eigenvalue weighted by Gasteiger charge is -2.19. The van der Waals surface area contributed by atoms with Gasteiger partial charge in [-0.25, -0.2) is 0 Å². The predicted molar refractivity (Wildman–Crippen MR) is 93.0 cm³/mol. The fourth-order valence-electron chi connectivity index (χ4n) is 1.83. The number of ether oxygens (including phenoxy) is 1. The minimum Gasteiger partial charge on any atom is -0.496 e. The van der Waals surface area contributed by atoms with Crippen molar-refractivity contribution in [2.24, 2.45) is 0 Å². The molecule has 0 amide bonds. The Labute approximate surface area is 142 Å². The number of rotatable bonds is 6. The highest BCUT2D eigenvalue weighted by atomic mass is 127. The van der Waals surface area contributed by atoms with Crippen molar-refractivity contribution in [2.75, 3.05) is 7.11 Å². The topological polar surface area (TPSA) is 80.2 Å². The standard InChI is InChI=1S/C16H16IN2O3/c1-21-14-5-3-2-4-12(14)10-15(18)19-22-16(20)11-6-8-13(17)9-7-11/h2-9,20,22H,10H2,1H3,(H-,18,19)/q-1. The van der Waals surface area contributed by atoms with Crippen molar-refractivity contribution in [1.29, 1.82) is 5.41 Å². The first-order valence-corrected chi connectivity index (χ1v) is 7.61. The molecule has 0 bridgehead atoms. The summed E-state index contributed by atoms with van der Waals surface area (Å²) in [7, 11) is 1.58. The van der Waals surface area contributed by atoms with E-state index in [0.29, 0.717) is 11.3 Å². The molecule has 0 radical (unpaired) electrons. The number of nitrogens with zero attached hydrogens (tertiary/aromatic N) is 1. The Morgan fingerprint density at radius 1 is 1.27 bits per heavy atom. The average Bonchev–Trinajstić information content (AvgIpc) is 2.54. The molecule has 0 atom stereocenters. The van der Waals surface area contributed by atoms with Crippen LogP contribution in [0.5, 0.6) is 5.75 Å². The third-order valence-electron chi connectivity index (χ3n) is 2.92. The van der Waals surface area contributed by atoms with Gasteiger partial charge in [0.05, 0.1) is 7.11 Å². The van der Waals surface area contributed by atoms with Crippen LogP contribution in [0.25, 0.3) is 5.48 Å². The number of amidine groups is 1. The Morgan fingerprint density at radius 3 is 2.64 bits per heavy atom. The van der Waals surface area contributed by atoms with Gasteiger partial charge in [-0.05, 0) is 50.0 Å². The van der Waals surface area contributed by atoms with Gasteiger partial charge < -0.3 is 20.1 Å². The van der Waals surface area contributed by atoms with E-state index in [4.69, 9.17) is 10.1 Å². The number of aliphatic hydroxyl groups is 2. The van der Waals surface area contributed by atoms with E-state index in [0.717, 1.165) is 9.13 Å². The van der Waals surface area contributed by atoms with Gasteiger partial charge in [0, 0.05) is 0 Å². The molecule has 22 heavy (non-hydrogen) atoms. The second kappa shape index (κ2) is 8.02. The van der Waals surface area contributed by atoms with Crippen molar-refractivity contribution in [2.45, 2.75) is 6.42 Å². The fourth-order valence-corrected chi connectivity index (χ4v) is 2.19. The quantitative estimate of drug-likeness (QED) is 0.188. The molecule has 0 saturated carbocycles. The van der Waals surface area contributed by atoms with Crippen LogP contribution in [-0.2, 0) is 6.42 Å². The molecule has 2 aromatic carbocycles. The molecule has 2 aromatic rings. The molecule has 0 spiro atoms. The van der Waals surface area contributed by atoms with Crippen LogP contribution in [0.2, 0.25) is 0 Å². The Balaban J connectivity index is 1.88. The van der Waals surface area contributed by atoms with Crippen LogP contribution in [0.1, 0.15) is 11.1 Å². The second-order valence-electron chi connectivity index (χ2n) is 4.47. The first-order chi connectivity index (χ1) is 10.6. The summed E-state index contributed by atoms with van der Waals surface area (Å²) < 4.78 is 6.29. The van der Waals surface area contributed by atoms with Crippen LogP contribution in [0.4, 0.5) is 0 Å². The van der Waals surface area contributed by atoms with Gasteiger partial charge >= 0.3 is 0 Å². The summed E-state index contributed by atoms with van der Waals surface area (Å²) in [6.45, 7) is 0. The van der Waals surface area contributed by atoms with E-state index in [1.807, 2.05) is 36.4 Å². The van der Waals surface area contributed by atoms with Crippen molar-refractivity contribution < 1.29 is 14.7 Å². The molecule has 0 aliphatic carbocycles. The largest absolute Gasteiger partial charge is 0.496 e. The van der Waals surface area contributed by atoms with Gasteiger partial charge in [0.1, 0.15) is 5.75 Å². The maximum atomic E-state index is 9.86. The third kappa shape index (κ3) is 4.62. The van der Waals surface area contributed by atoms with E-state index < -0.39 is 0 Å². The van der Waals surface area contributed by atoms with Crippen molar-refractivity contribution in [3.8, 4) is 5.75 Å². The first-order valence-electron chi connectivity index (χ1n) is 6.53. The normalized spacial score (nSPS) is 10.1. The van der Waals surface area contributed by atoms with Gasteiger partial charge in [-0.15, -0.1) is 12.1 Å².